The maximum absolute atomic E-state index is 13.9. The molecule has 102 valence electrons. The van der Waals surface area contributed by atoms with Gasteiger partial charge >= 0.3 is 0 Å². The fraction of sp³-hybridized carbons (Fsp3) is 0.133. The molecule has 0 spiro atoms. The Morgan fingerprint density at radius 3 is 2.80 bits per heavy atom. The van der Waals surface area contributed by atoms with Crippen LogP contribution in [0.3, 0.4) is 0 Å². The second-order valence-corrected chi connectivity index (χ2v) is 5.83. The minimum atomic E-state index is -0.251. The van der Waals surface area contributed by atoms with E-state index in [-0.39, 0.29) is 12.4 Å². The molecule has 2 nitrogen and oxygen atoms in total. The van der Waals surface area contributed by atoms with E-state index in [9.17, 15) is 4.39 Å². The van der Waals surface area contributed by atoms with Crippen molar-refractivity contribution in [3.05, 3.63) is 57.9 Å². The molecular formula is C15H12BrFN2S. The van der Waals surface area contributed by atoms with Crippen LogP contribution in [0.4, 0.5) is 4.39 Å². The number of hydrogen-bond acceptors (Lipinski definition) is 3. The number of nitrogens with two attached hydrogens (primary N) is 1. The highest BCUT2D eigenvalue weighted by molar-refractivity contribution is 9.10. The average Bonchev–Trinajstić information content (AvgIpc) is 2.46. The highest BCUT2D eigenvalue weighted by Gasteiger charge is 2.04. The zero-order valence-corrected chi connectivity index (χ0v) is 13.0. The largest absolute Gasteiger partial charge is 0.320 e. The third-order valence-electron chi connectivity index (χ3n) is 2.46. The predicted octanol–water partition coefficient (Wildman–Crippen LogP) is 3.59. The van der Waals surface area contributed by atoms with Gasteiger partial charge in [0.15, 0.2) is 0 Å². The smallest absolute Gasteiger partial charge is 0.128 e. The van der Waals surface area contributed by atoms with Crippen LogP contribution in [0, 0.1) is 17.7 Å². The van der Waals surface area contributed by atoms with Crippen molar-refractivity contribution in [2.75, 3.05) is 6.54 Å². The van der Waals surface area contributed by atoms with Gasteiger partial charge in [-0.3, -0.25) is 0 Å². The summed E-state index contributed by atoms with van der Waals surface area (Å²) in [4.78, 5) is 4.24. The Balaban J connectivity index is 2.04. The van der Waals surface area contributed by atoms with Crippen LogP contribution in [0.15, 0.2) is 46.0 Å². The van der Waals surface area contributed by atoms with E-state index in [1.807, 2.05) is 12.1 Å². The normalized spacial score (nSPS) is 9.95. The number of nitrogens with zero attached hydrogens (tertiary/aromatic N) is 1. The second kappa shape index (κ2) is 7.44. The molecule has 0 unspecified atom stereocenters. The van der Waals surface area contributed by atoms with Crippen molar-refractivity contribution < 1.29 is 4.39 Å². The van der Waals surface area contributed by atoms with Crippen LogP contribution >= 0.6 is 27.7 Å². The van der Waals surface area contributed by atoms with Crippen molar-refractivity contribution in [2.24, 2.45) is 5.73 Å². The van der Waals surface area contributed by atoms with Crippen LogP contribution in [-0.4, -0.2) is 11.5 Å². The SMILES string of the molecule is NCC#Cc1ccc(CSc2ccc(Br)cn2)c(F)c1. The van der Waals surface area contributed by atoms with Gasteiger partial charge in [0.05, 0.1) is 11.6 Å². The first-order chi connectivity index (χ1) is 9.69. The molecule has 0 atom stereocenters. The Bertz CT molecular complexity index is 647. The van der Waals surface area contributed by atoms with E-state index in [0.717, 1.165) is 9.50 Å². The topological polar surface area (TPSA) is 38.9 Å². The number of pyridine rings is 1. The van der Waals surface area contributed by atoms with Crippen molar-refractivity contribution in [3.8, 4) is 11.8 Å². The zero-order chi connectivity index (χ0) is 14.4. The van der Waals surface area contributed by atoms with Gasteiger partial charge in [-0.2, -0.15) is 0 Å². The quantitative estimate of drug-likeness (QED) is 0.679. The minimum absolute atomic E-state index is 0.251. The van der Waals surface area contributed by atoms with Crippen molar-refractivity contribution >= 4 is 27.7 Å². The van der Waals surface area contributed by atoms with Crippen LogP contribution in [-0.2, 0) is 5.75 Å². The van der Waals surface area contributed by atoms with E-state index >= 15 is 0 Å². The maximum atomic E-state index is 13.9. The Hall–Kier alpha value is -1.35. The standard InChI is InChI=1S/C15H12BrFN2S/c16-13-5-6-15(19-9-13)20-10-12-4-3-11(2-1-7-18)8-14(12)17/h3-6,8-9H,7,10,18H2. The van der Waals surface area contributed by atoms with Crippen molar-refractivity contribution in [2.45, 2.75) is 10.8 Å². The summed E-state index contributed by atoms with van der Waals surface area (Å²) in [5, 5.41) is 0.861. The van der Waals surface area contributed by atoms with Crippen molar-refractivity contribution in [1.29, 1.82) is 0 Å². The molecular weight excluding hydrogens is 339 g/mol. The van der Waals surface area contributed by atoms with Gasteiger partial charge in [-0.1, -0.05) is 17.9 Å². The fourth-order valence-electron chi connectivity index (χ4n) is 1.49. The number of aromatic nitrogens is 1. The fourth-order valence-corrected chi connectivity index (χ4v) is 2.56. The molecule has 0 aliphatic carbocycles. The number of thioether (sulfide) groups is 1. The summed E-state index contributed by atoms with van der Waals surface area (Å²) in [6, 6.07) is 8.80. The zero-order valence-electron chi connectivity index (χ0n) is 10.6. The van der Waals surface area contributed by atoms with Gasteiger partial charge in [-0.25, -0.2) is 9.37 Å². The first-order valence-corrected chi connectivity index (χ1v) is 7.68. The lowest BCUT2D eigenvalue weighted by Gasteiger charge is -2.03. The molecule has 5 heteroatoms. The van der Waals surface area contributed by atoms with Crippen molar-refractivity contribution in [3.63, 3.8) is 0 Å². The number of halogens is 2. The summed E-state index contributed by atoms with van der Waals surface area (Å²) in [7, 11) is 0. The van der Waals surface area contributed by atoms with Crippen LogP contribution in [0.25, 0.3) is 0 Å². The lowest BCUT2D eigenvalue weighted by molar-refractivity contribution is 0.617. The molecule has 0 saturated heterocycles. The molecule has 0 bridgehead atoms. The Morgan fingerprint density at radius 1 is 1.30 bits per heavy atom. The highest BCUT2D eigenvalue weighted by atomic mass is 79.9. The van der Waals surface area contributed by atoms with Gasteiger partial charge < -0.3 is 5.73 Å². The molecule has 2 N–H and O–H groups in total. The van der Waals surface area contributed by atoms with Crippen LogP contribution < -0.4 is 5.73 Å². The molecule has 0 fully saturated rings. The average molecular weight is 351 g/mol. The molecule has 0 aliphatic rings. The molecule has 1 heterocycles. The Labute approximate surface area is 130 Å². The van der Waals surface area contributed by atoms with Gasteiger partial charge in [-0.05, 0) is 45.8 Å². The molecule has 0 amide bonds. The Kier molecular flexibility index (Phi) is 5.60. The summed E-state index contributed by atoms with van der Waals surface area (Å²) in [6.45, 7) is 0.272. The molecule has 1 aromatic carbocycles. The Morgan fingerprint density at radius 2 is 2.15 bits per heavy atom. The molecule has 2 rings (SSSR count). The monoisotopic (exact) mass is 350 g/mol. The van der Waals surface area contributed by atoms with Gasteiger partial charge in [0, 0.05) is 22.0 Å². The third kappa shape index (κ3) is 4.34. The van der Waals surface area contributed by atoms with E-state index in [4.69, 9.17) is 5.73 Å². The molecule has 2 aromatic rings. The predicted molar refractivity (Wildman–Crippen MR) is 83.8 cm³/mol. The van der Waals surface area contributed by atoms with E-state index < -0.39 is 0 Å². The number of benzene rings is 1. The van der Waals surface area contributed by atoms with Crippen LogP contribution in [0.2, 0.25) is 0 Å². The van der Waals surface area contributed by atoms with E-state index in [1.54, 1.807) is 18.3 Å². The minimum Gasteiger partial charge on any atom is -0.320 e. The van der Waals surface area contributed by atoms with E-state index in [2.05, 4.69) is 32.8 Å². The molecule has 20 heavy (non-hydrogen) atoms. The summed E-state index contributed by atoms with van der Waals surface area (Å²) >= 11 is 4.82. The van der Waals surface area contributed by atoms with Gasteiger partial charge in [0.1, 0.15) is 5.82 Å². The van der Waals surface area contributed by atoms with E-state index in [0.29, 0.717) is 16.9 Å². The van der Waals surface area contributed by atoms with Crippen LogP contribution in [0.1, 0.15) is 11.1 Å². The summed E-state index contributed by atoms with van der Waals surface area (Å²) in [5.41, 5.74) is 6.57. The lowest BCUT2D eigenvalue weighted by Crippen LogP contribution is -1.94. The van der Waals surface area contributed by atoms with Gasteiger partial charge in [-0.15, -0.1) is 11.8 Å². The van der Waals surface area contributed by atoms with Crippen molar-refractivity contribution in [1.82, 2.24) is 4.98 Å². The van der Waals surface area contributed by atoms with Gasteiger partial charge in [0.2, 0.25) is 0 Å². The summed E-state index contributed by atoms with van der Waals surface area (Å²) in [6.07, 6.45) is 1.73. The molecule has 0 saturated carbocycles. The third-order valence-corrected chi connectivity index (χ3v) is 3.93. The second-order valence-electron chi connectivity index (χ2n) is 3.92. The molecule has 1 aromatic heterocycles. The molecule has 0 aliphatic heterocycles. The summed E-state index contributed by atoms with van der Waals surface area (Å²) < 4.78 is 14.8. The lowest BCUT2D eigenvalue weighted by atomic mass is 10.1. The maximum Gasteiger partial charge on any atom is 0.128 e. The van der Waals surface area contributed by atoms with E-state index in [1.165, 1.54) is 17.8 Å². The number of rotatable bonds is 3. The highest BCUT2D eigenvalue weighted by Crippen LogP contribution is 2.23. The molecule has 0 radical (unpaired) electrons. The summed E-state index contributed by atoms with van der Waals surface area (Å²) in [5.74, 6) is 5.80. The van der Waals surface area contributed by atoms with Gasteiger partial charge in [0.25, 0.3) is 0 Å². The first kappa shape index (κ1) is 15.0. The first-order valence-electron chi connectivity index (χ1n) is 5.91. The van der Waals surface area contributed by atoms with Crippen LogP contribution in [0.5, 0.6) is 0 Å². The number of hydrogen-bond donors (Lipinski definition) is 1.